The van der Waals surface area contributed by atoms with E-state index in [1.165, 1.54) is 107 Å². The average molecular weight is 973 g/mol. The fourth-order valence-electron chi connectivity index (χ4n) is 12.3. The molecule has 0 spiro atoms. The van der Waals surface area contributed by atoms with Crippen molar-refractivity contribution in [1.82, 2.24) is 0 Å². The van der Waals surface area contributed by atoms with Gasteiger partial charge in [0.05, 0.1) is 0 Å². The highest BCUT2D eigenvalue weighted by Gasteiger charge is 2.43. The molecule has 0 aliphatic carbocycles. The molecule has 74 heavy (non-hydrogen) atoms. The molecule has 13 aromatic rings. The van der Waals surface area contributed by atoms with Crippen LogP contribution in [0.5, 0.6) is 0 Å². The number of hydrogen-bond acceptors (Lipinski definition) is 0. The van der Waals surface area contributed by atoms with E-state index in [4.69, 9.17) is 0 Å². The summed E-state index contributed by atoms with van der Waals surface area (Å²) >= 11 is 0. The Bertz CT molecular complexity index is 3680. The van der Waals surface area contributed by atoms with Gasteiger partial charge < -0.3 is 0 Å². The Balaban J connectivity index is 1.23. The molecule has 0 aromatic heterocycles. The van der Waals surface area contributed by atoms with Crippen LogP contribution in [-0.2, 0) is 0 Å². The number of benzene rings is 13. The SMILES string of the molecule is c1ccc(-c2ccc(-c3c4ccc([Si](c5ccccc5)(c5ccccc5)c5ccccc5)cc4c(-c4cccc5ccccc45)c4cc([Si](c5ccccc5)(c5ccccc5)c5ccccc5)ccc34)cc2)cc1. The first-order chi connectivity index (χ1) is 36.7. The molecule has 0 saturated carbocycles. The molecule has 13 rings (SSSR count). The molecule has 0 unspecified atom stereocenters. The minimum atomic E-state index is -2.97. The minimum Gasteiger partial charge on any atom is -0.0623 e. The lowest BCUT2D eigenvalue weighted by Gasteiger charge is -2.35. The van der Waals surface area contributed by atoms with Crippen LogP contribution < -0.4 is 41.5 Å². The Morgan fingerprint density at radius 3 is 0.905 bits per heavy atom. The molecule has 0 fully saturated rings. The lowest BCUT2D eigenvalue weighted by Crippen LogP contribution is -2.74. The van der Waals surface area contributed by atoms with Crippen LogP contribution in [0, 0.1) is 0 Å². The Morgan fingerprint density at radius 2 is 0.500 bits per heavy atom. The standard InChI is InChI=1S/C72H52Si2/c1-8-25-53(26-9-1)54-43-45-56(46-44-54)71-67-49-47-63(73(57-29-10-2-11-30-57,58-31-12-3-13-32-58)59-33-14-4-15-34-59)51-69(67)72(66-42-24-28-55-27-22-23-41-65(55)66)70-52-64(48-50-68(70)71)74(60-35-16-5-17-36-60,61-37-18-6-19-38-61)62-39-20-7-21-40-62/h1-52H. The van der Waals surface area contributed by atoms with Crippen LogP contribution in [0.2, 0.25) is 0 Å². The molecular formula is C72H52Si2. The molecule has 0 saturated heterocycles. The van der Waals surface area contributed by atoms with Crippen molar-refractivity contribution < 1.29 is 0 Å². The summed E-state index contributed by atoms with van der Waals surface area (Å²) in [4.78, 5) is 0. The van der Waals surface area contributed by atoms with Gasteiger partial charge in [-0.2, -0.15) is 0 Å². The van der Waals surface area contributed by atoms with E-state index in [-0.39, 0.29) is 0 Å². The van der Waals surface area contributed by atoms with Gasteiger partial charge in [0.2, 0.25) is 0 Å². The summed E-state index contributed by atoms with van der Waals surface area (Å²) in [6.45, 7) is 0. The first-order valence-corrected chi connectivity index (χ1v) is 29.7. The molecule has 348 valence electrons. The summed E-state index contributed by atoms with van der Waals surface area (Å²) < 4.78 is 0. The van der Waals surface area contributed by atoms with E-state index < -0.39 is 16.1 Å². The third-order valence-corrected chi connectivity index (χ3v) is 25.1. The summed E-state index contributed by atoms with van der Waals surface area (Å²) in [7, 11) is -5.94. The van der Waals surface area contributed by atoms with Gasteiger partial charge in [0, 0.05) is 0 Å². The summed E-state index contributed by atoms with van der Waals surface area (Å²) in [5.74, 6) is 0. The van der Waals surface area contributed by atoms with Crippen molar-refractivity contribution in [1.29, 1.82) is 0 Å². The molecule has 0 amide bonds. The Labute approximate surface area is 436 Å². The monoisotopic (exact) mass is 972 g/mol. The molecule has 0 nitrogen and oxygen atoms in total. The lowest BCUT2D eigenvalue weighted by molar-refractivity contribution is 1.61. The highest BCUT2D eigenvalue weighted by Crippen LogP contribution is 2.45. The predicted molar refractivity (Wildman–Crippen MR) is 323 cm³/mol. The lowest BCUT2D eigenvalue weighted by atomic mass is 9.84. The number of hydrogen-bond donors (Lipinski definition) is 0. The number of rotatable bonds is 11. The zero-order chi connectivity index (χ0) is 49.3. The van der Waals surface area contributed by atoms with E-state index in [0.29, 0.717) is 0 Å². The smallest absolute Gasteiger partial charge is 0.0623 e. The quantitative estimate of drug-likeness (QED) is 0.0688. The van der Waals surface area contributed by atoms with Crippen LogP contribution in [-0.4, -0.2) is 16.1 Å². The van der Waals surface area contributed by atoms with Crippen molar-refractivity contribution in [2.75, 3.05) is 0 Å². The summed E-state index contributed by atoms with van der Waals surface area (Å²) in [5.41, 5.74) is 7.34. The van der Waals surface area contributed by atoms with Crippen LogP contribution in [0.25, 0.3) is 65.7 Å². The molecule has 0 N–H and O–H groups in total. The van der Waals surface area contributed by atoms with Crippen molar-refractivity contribution in [3.63, 3.8) is 0 Å². The second-order valence-electron chi connectivity index (χ2n) is 19.4. The van der Waals surface area contributed by atoms with Crippen molar-refractivity contribution in [3.05, 3.63) is 315 Å². The first-order valence-electron chi connectivity index (χ1n) is 25.7. The van der Waals surface area contributed by atoms with E-state index >= 15 is 0 Å². The van der Waals surface area contributed by atoms with Crippen LogP contribution >= 0.6 is 0 Å². The second kappa shape index (κ2) is 19.2. The predicted octanol–water partition coefficient (Wildman–Crippen LogP) is 12.9. The topological polar surface area (TPSA) is 0 Å². The molecule has 0 aliphatic heterocycles. The van der Waals surface area contributed by atoms with Crippen LogP contribution in [0.4, 0.5) is 0 Å². The van der Waals surface area contributed by atoms with E-state index in [1.54, 1.807) is 0 Å². The first kappa shape index (κ1) is 45.0. The fourth-order valence-corrected chi connectivity index (χ4v) is 21.9. The zero-order valence-electron chi connectivity index (χ0n) is 41.0. The highest BCUT2D eigenvalue weighted by atomic mass is 28.3. The van der Waals surface area contributed by atoms with Gasteiger partial charge in [-0.1, -0.05) is 315 Å². The van der Waals surface area contributed by atoms with E-state index in [9.17, 15) is 0 Å². The van der Waals surface area contributed by atoms with Gasteiger partial charge in [-0.3, -0.25) is 0 Å². The maximum Gasteiger partial charge on any atom is 0.179 e. The van der Waals surface area contributed by atoms with Crippen molar-refractivity contribution in [3.8, 4) is 33.4 Å². The van der Waals surface area contributed by atoms with Gasteiger partial charge in [-0.25, -0.2) is 0 Å². The maximum absolute atomic E-state index is 2.97. The molecular weight excluding hydrogens is 921 g/mol. The van der Waals surface area contributed by atoms with Gasteiger partial charge >= 0.3 is 0 Å². The minimum absolute atomic E-state index is 1.19. The fraction of sp³-hybridized carbons (Fsp3) is 0. The summed E-state index contributed by atoms with van der Waals surface area (Å²) in [6.07, 6.45) is 0. The van der Waals surface area contributed by atoms with Crippen LogP contribution in [0.3, 0.4) is 0 Å². The Hall–Kier alpha value is -8.93. The van der Waals surface area contributed by atoms with Gasteiger partial charge in [0.15, 0.2) is 16.1 Å². The highest BCUT2D eigenvalue weighted by molar-refractivity contribution is 7.20. The van der Waals surface area contributed by atoms with Crippen molar-refractivity contribution in [2.24, 2.45) is 0 Å². The van der Waals surface area contributed by atoms with Gasteiger partial charge in [-0.15, -0.1) is 0 Å². The molecule has 0 radical (unpaired) electrons. The summed E-state index contributed by atoms with van der Waals surface area (Å²) in [5, 5.41) is 18.2. The van der Waals surface area contributed by atoms with Crippen LogP contribution in [0.1, 0.15) is 0 Å². The molecule has 0 atom stereocenters. The Kier molecular flexibility index (Phi) is 11.7. The third kappa shape index (κ3) is 7.49. The van der Waals surface area contributed by atoms with E-state index in [2.05, 4.69) is 315 Å². The normalized spacial score (nSPS) is 11.8. The third-order valence-electron chi connectivity index (χ3n) is 15.6. The number of fused-ring (bicyclic) bond motifs is 3. The van der Waals surface area contributed by atoms with E-state index in [1.807, 2.05) is 0 Å². The van der Waals surface area contributed by atoms with Gasteiger partial charge in [-0.05, 0) is 107 Å². The van der Waals surface area contributed by atoms with Gasteiger partial charge in [0.25, 0.3) is 0 Å². The molecule has 0 bridgehead atoms. The van der Waals surface area contributed by atoms with Crippen molar-refractivity contribution >= 4 is 90.0 Å². The molecule has 0 heterocycles. The Morgan fingerprint density at radius 1 is 0.176 bits per heavy atom. The molecule has 2 heteroatoms. The molecule has 13 aromatic carbocycles. The molecule has 0 aliphatic rings. The zero-order valence-corrected chi connectivity index (χ0v) is 43.0. The largest absolute Gasteiger partial charge is 0.179 e. The maximum atomic E-state index is 2.62. The second-order valence-corrected chi connectivity index (χ2v) is 27.1. The van der Waals surface area contributed by atoms with Gasteiger partial charge in [0.1, 0.15) is 0 Å². The average Bonchev–Trinajstić information content (AvgIpc) is 3.49. The summed E-state index contributed by atoms with van der Waals surface area (Å²) in [6, 6.07) is 119. The van der Waals surface area contributed by atoms with Crippen LogP contribution in [0.15, 0.2) is 315 Å². The van der Waals surface area contributed by atoms with E-state index in [0.717, 1.165) is 0 Å². The van der Waals surface area contributed by atoms with Crippen molar-refractivity contribution in [2.45, 2.75) is 0 Å².